The fraction of sp³-hybridized carbons (Fsp3) is 1.00. The average Bonchev–Trinajstić information content (AvgIpc) is 2.26. The average molecular weight is 215 g/mol. The van der Waals surface area contributed by atoms with Crippen molar-refractivity contribution in [1.29, 1.82) is 0 Å². The van der Waals surface area contributed by atoms with Gasteiger partial charge in [0.1, 0.15) is 0 Å². The summed E-state index contributed by atoms with van der Waals surface area (Å²) in [7, 11) is 0. The van der Waals surface area contributed by atoms with Gasteiger partial charge in [0.2, 0.25) is 0 Å². The molecule has 1 aliphatic carbocycles. The second-order valence-electron chi connectivity index (χ2n) is 4.40. The third-order valence-electron chi connectivity index (χ3n) is 3.42. The third-order valence-corrected chi connectivity index (χ3v) is 4.51. The summed E-state index contributed by atoms with van der Waals surface area (Å²) < 4.78 is 0. The van der Waals surface area contributed by atoms with Crippen LogP contribution >= 0.6 is 11.8 Å². The zero-order valence-corrected chi connectivity index (χ0v) is 10.7. The molecule has 0 heterocycles. The van der Waals surface area contributed by atoms with E-state index in [4.69, 9.17) is 0 Å². The Morgan fingerprint density at radius 1 is 1.29 bits per heavy atom. The first-order valence-corrected chi connectivity index (χ1v) is 7.37. The summed E-state index contributed by atoms with van der Waals surface area (Å²) in [6.45, 7) is 4.58. The quantitative estimate of drug-likeness (QED) is 0.754. The van der Waals surface area contributed by atoms with E-state index in [1.807, 2.05) is 0 Å². The summed E-state index contributed by atoms with van der Waals surface area (Å²) in [5.41, 5.74) is 0. The van der Waals surface area contributed by atoms with E-state index in [2.05, 4.69) is 37.2 Å². The highest BCUT2D eigenvalue weighted by Gasteiger charge is 2.22. The van der Waals surface area contributed by atoms with Crippen LogP contribution in [0.25, 0.3) is 0 Å². The molecular weight excluding hydrogens is 190 g/mol. The van der Waals surface area contributed by atoms with Crippen LogP contribution in [0.1, 0.15) is 52.4 Å². The summed E-state index contributed by atoms with van der Waals surface area (Å²) in [4.78, 5) is 0. The molecule has 0 amide bonds. The van der Waals surface area contributed by atoms with Crippen LogP contribution in [0, 0.1) is 0 Å². The lowest BCUT2D eigenvalue weighted by Gasteiger charge is -2.31. The molecule has 1 rings (SSSR count). The summed E-state index contributed by atoms with van der Waals surface area (Å²) in [6.07, 6.45) is 10.4. The number of rotatable bonds is 5. The van der Waals surface area contributed by atoms with Crippen molar-refractivity contribution in [2.45, 2.75) is 69.7 Å². The predicted octanol–water partition coefficient (Wildman–Crippen LogP) is 3.44. The molecule has 1 saturated carbocycles. The Balaban J connectivity index is 2.29. The van der Waals surface area contributed by atoms with Crippen molar-refractivity contribution in [3.63, 3.8) is 0 Å². The van der Waals surface area contributed by atoms with E-state index in [9.17, 15) is 0 Å². The van der Waals surface area contributed by atoms with E-state index in [0.29, 0.717) is 0 Å². The van der Waals surface area contributed by atoms with Gasteiger partial charge in [0.25, 0.3) is 0 Å². The smallest absolute Gasteiger partial charge is 0.00801 e. The van der Waals surface area contributed by atoms with E-state index < -0.39 is 0 Å². The van der Waals surface area contributed by atoms with Gasteiger partial charge in [0, 0.05) is 17.3 Å². The van der Waals surface area contributed by atoms with Gasteiger partial charge in [-0.1, -0.05) is 20.3 Å². The first kappa shape index (κ1) is 12.4. The number of hydrogen-bond acceptors (Lipinski definition) is 2. The molecule has 14 heavy (non-hydrogen) atoms. The molecule has 0 spiro atoms. The summed E-state index contributed by atoms with van der Waals surface area (Å²) in [6, 6.07) is 1.55. The number of thioether (sulfide) groups is 1. The summed E-state index contributed by atoms with van der Waals surface area (Å²) in [5.74, 6) is 0. The van der Waals surface area contributed by atoms with Crippen molar-refractivity contribution in [3.8, 4) is 0 Å². The molecule has 2 heteroatoms. The minimum atomic E-state index is 0.751. The van der Waals surface area contributed by atoms with E-state index in [1.54, 1.807) is 0 Å². The number of nitrogens with one attached hydrogen (secondary N) is 1. The Bertz CT molecular complexity index is 145. The van der Waals surface area contributed by atoms with E-state index in [1.165, 1.54) is 38.5 Å². The van der Waals surface area contributed by atoms with Crippen LogP contribution < -0.4 is 5.32 Å². The number of hydrogen-bond donors (Lipinski definition) is 1. The minimum Gasteiger partial charge on any atom is -0.311 e. The van der Waals surface area contributed by atoms with Gasteiger partial charge in [-0.15, -0.1) is 0 Å². The SMILES string of the molecule is CCC(CC)NC1CCCC(SC)C1. The topological polar surface area (TPSA) is 12.0 Å². The van der Waals surface area contributed by atoms with Crippen LogP contribution in [-0.4, -0.2) is 23.6 Å². The summed E-state index contributed by atoms with van der Waals surface area (Å²) >= 11 is 2.05. The monoisotopic (exact) mass is 215 g/mol. The molecule has 1 nitrogen and oxygen atoms in total. The lowest BCUT2D eigenvalue weighted by atomic mass is 9.94. The van der Waals surface area contributed by atoms with Gasteiger partial charge < -0.3 is 5.32 Å². The highest BCUT2D eigenvalue weighted by molar-refractivity contribution is 7.99. The molecule has 0 saturated heterocycles. The van der Waals surface area contributed by atoms with Gasteiger partial charge in [-0.05, 0) is 38.4 Å². The molecule has 2 unspecified atom stereocenters. The Morgan fingerprint density at radius 2 is 2.00 bits per heavy atom. The van der Waals surface area contributed by atoms with Gasteiger partial charge in [-0.2, -0.15) is 11.8 Å². The first-order chi connectivity index (χ1) is 6.80. The van der Waals surface area contributed by atoms with E-state index in [0.717, 1.165) is 17.3 Å². The molecule has 0 bridgehead atoms. The van der Waals surface area contributed by atoms with E-state index in [-0.39, 0.29) is 0 Å². The zero-order valence-electron chi connectivity index (χ0n) is 9.88. The van der Waals surface area contributed by atoms with Crippen molar-refractivity contribution in [2.24, 2.45) is 0 Å². The molecule has 0 aromatic rings. The van der Waals surface area contributed by atoms with Crippen molar-refractivity contribution < 1.29 is 0 Å². The van der Waals surface area contributed by atoms with Gasteiger partial charge in [-0.25, -0.2) is 0 Å². The van der Waals surface area contributed by atoms with Gasteiger partial charge in [0.15, 0.2) is 0 Å². The molecule has 0 aromatic heterocycles. The third kappa shape index (κ3) is 3.82. The van der Waals surface area contributed by atoms with Gasteiger partial charge in [0.05, 0.1) is 0 Å². The van der Waals surface area contributed by atoms with Crippen LogP contribution in [0.4, 0.5) is 0 Å². The lowest BCUT2D eigenvalue weighted by Crippen LogP contribution is -2.41. The van der Waals surface area contributed by atoms with Crippen LogP contribution in [0.15, 0.2) is 0 Å². The molecular formula is C12H25NS. The van der Waals surface area contributed by atoms with Crippen molar-refractivity contribution in [2.75, 3.05) is 6.26 Å². The Morgan fingerprint density at radius 3 is 2.57 bits per heavy atom. The highest BCUT2D eigenvalue weighted by Crippen LogP contribution is 2.27. The molecule has 1 fully saturated rings. The Hall–Kier alpha value is 0.310. The van der Waals surface area contributed by atoms with Crippen LogP contribution in [0.3, 0.4) is 0 Å². The molecule has 0 aliphatic heterocycles. The molecule has 84 valence electrons. The normalized spacial score (nSPS) is 28.3. The Kier molecular flexibility index (Phi) is 5.95. The van der Waals surface area contributed by atoms with Crippen LogP contribution in [0.5, 0.6) is 0 Å². The molecule has 0 aromatic carbocycles. The molecule has 1 N–H and O–H groups in total. The Labute approximate surface area is 93.4 Å². The zero-order chi connectivity index (χ0) is 10.4. The van der Waals surface area contributed by atoms with Gasteiger partial charge >= 0.3 is 0 Å². The fourth-order valence-corrected chi connectivity index (χ4v) is 3.20. The standard InChI is InChI=1S/C12H25NS/c1-4-10(5-2)13-11-7-6-8-12(9-11)14-3/h10-13H,4-9H2,1-3H3. The largest absolute Gasteiger partial charge is 0.311 e. The maximum Gasteiger partial charge on any atom is 0.00801 e. The van der Waals surface area contributed by atoms with Crippen LogP contribution in [0.2, 0.25) is 0 Å². The van der Waals surface area contributed by atoms with Crippen molar-refractivity contribution >= 4 is 11.8 Å². The molecule has 0 radical (unpaired) electrons. The lowest BCUT2D eigenvalue weighted by molar-refractivity contribution is 0.332. The maximum absolute atomic E-state index is 3.81. The van der Waals surface area contributed by atoms with Crippen molar-refractivity contribution in [3.05, 3.63) is 0 Å². The molecule has 2 atom stereocenters. The van der Waals surface area contributed by atoms with Gasteiger partial charge in [-0.3, -0.25) is 0 Å². The first-order valence-electron chi connectivity index (χ1n) is 6.09. The summed E-state index contributed by atoms with van der Waals surface area (Å²) in [5, 5.41) is 4.72. The fourth-order valence-electron chi connectivity index (χ4n) is 2.37. The van der Waals surface area contributed by atoms with E-state index >= 15 is 0 Å². The molecule has 1 aliphatic rings. The minimum absolute atomic E-state index is 0.751. The van der Waals surface area contributed by atoms with Crippen LogP contribution in [-0.2, 0) is 0 Å². The second-order valence-corrected chi connectivity index (χ2v) is 5.54. The maximum atomic E-state index is 3.81. The second kappa shape index (κ2) is 6.73. The highest BCUT2D eigenvalue weighted by atomic mass is 32.2. The van der Waals surface area contributed by atoms with Crippen molar-refractivity contribution in [1.82, 2.24) is 5.32 Å². The predicted molar refractivity (Wildman–Crippen MR) is 67.1 cm³/mol.